The van der Waals surface area contributed by atoms with Gasteiger partial charge in [0.2, 0.25) is 0 Å². The van der Waals surface area contributed by atoms with Crippen molar-refractivity contribution in [3.63, 3.8) is 0 Å². The van der Waals surface area contributed by atoms with Crippen LogP contribution in [0.5, 0.6) is 0 Å². The number of hydrogen-bond donors (Lipinski definition) is 1. The molecule has 0 atom stereocenters. The molecule has 0 bridgehead atoms. The van der Waals surface area contributed by atoms with Crippen LogP contribution in [-0.4, -0.2) is 38.1 Å². The largest absolute Gasteiger partial charge is 0.319 e. The maximum absolute atomic E-state index is 3.49. The molecule has 0 aliphatic heterocycles. The van der Waals surface area contributed by atoms with Crippen LogP contribution in [0.1, 0.15) is 72.1 Å². The predicted octanol–water partition coefficient (Wildman–Crippen LogP) is 4.30. The first kappa shape index (κ1) is 17.3. The highest BCUT2D eigenvalue weighted by Crippen LogP contribution is 2.41. The van der Waals surface area contributed by atoms with Crippen LogP contribution in [0, 0.1) is 16.7 Å². The van der Waals surface area contributed by atoms with Crippen molar-refractivity contribution < 1.29 is 0 Å². The van der Waals surface area contributed by atoms with Gasteiger partial charge in [0.15, 0.2) is 0 Å². The average molecular weight is 295 g/mol. The molecule has 2 aliphatic rings. The number of hydrogen-bond acceptors (Lipinski definition) is 2. The summed E-state index contributed by atoms with van der Waals surface area (Å²) in [5, 5.41) is 3.49. The fourth-order valence-electron chi connectivity index (χ4n) is 4.62. The van der Waals surface area contributed by atoms with Crippen molar-refractivity contribution in [2.24, 2.45) is 16.7 Å². The molecule has 0 spiro atoms. The molecule has 0 radical (unpaired) electrons. The van der Waals surface area contributed by atoms with E-state index in [1.54, 1.807) is 0 Å². The summed E-state index contributed by atoms with van der Waals surface area (Å²) in [5.41, 5.74) is 1.11. The van der Waals surface area contributed by atoms with Gasteiger partial charge in [-0.15, -0.1) is 0 Å². The van der Waals surface area contributed by atoms with E-state index in [0.29, 0.717) is 10.8 Å². The lowest BCUT2D eigenvalue weighted by atomic mass is 9.69. The molecule has 21 heavy (non-hydrogen) atoms. The topological polar surface area (TPSA) is 15.3 Å². The summed E-state index contributed by atoms with van der Waals surface area (Å²) in [4.78, 5) is 2.71. The molecule has 2 heteroatoms. The molecule has 0 saturated heterocycles. The van der Waals surface area contributed by atoms with Crippen molar-refractivity contribution in [1.82, 2.24) is 10.2 Å². The van der Waals surface area contributed by atoms with Crippen LogP contribution in [0.25, 0.3) is 0 Å². The summed E-state index contributed by atoms with van der Waals surface area (Å²) in [6, 6.07) is 0.825. The third-order valence-electron chi connectivity index (χ3n) is 6.40. The van der Waals surface area contributed by atoms with E-state index in [0.717, 1.165) is 12.0 Å². The minimum absolute atomic E-state index is 0.531. The van der Waals surface area contributed by atoms with Crippen LogP contribution in [0.4, 0.5) is 0 Å². The van der Waals surface area contributed by atoms with E-state index < -0.39 is 0 Å². The molecule has 2 aliphatic carbocycles. The molecule has 0 unspecified atom stereocenters. The molecule has 124 valence electrons. The second kappa shape index (κ2) is 7.00. The summed E-state index contributed by atoms with van der Waals surface area (Å²) in [7, 11) is 4.52. The SMILES string of the molecule is CNCC1(CN(C)C2CCC(C)(C)CC2)CCC(C)CC1. The van der Waals surface area contributed by atoms with Gasteiger partial charge in [-0.2, -0.15) is 0 Å². The summed E-state index contributed by atoms with van der Waals surface area (Å²) in [5.74, 6) is 0.941. The normalized spacial score (nSPS) is 34.3. The molecule has 2 rings (SSSR count). The van der Waals surface area contributed by atoms with Crippen molar-refractivity contribution in [3.8, 4) is 0 Å². The van der Waals surface area contributed by atoms with Crippen molar-refractivity contribution in [2.75, 3.05) is 27.2 Å². The fourth-order valence-corrected chi connectivity index (χ4v) is 4.62. The Kier molecular flexibility index (Phi) is 5.76. The van der Waals surface area contributed by atoms with Crippen LogP contribution in [0.15, 0.2) is 0 Å². The van der Waals surface area contributed by atoms with Crippen molar-refractivity contribution in [1.29, 1.82) is 0 Å². The molecule has 0 aromatic heterocycles. The van der Waals surface area contributed by atoms with Gasteiger partial charge in [-0.3, -0.25) is 0 Å². The first-order valence-electron chi connectivity index (χ1n) is 9.21. The third kappa shape index (κ3) is 4.69. The molecule has 2 saturated carbocycles. The van der Waals surface area contributed by atoms with Crippen LogP contribution in [0.2, 0.25) is 0 Å². The Bertz CT molecular complexity index is 306. The van der Waals surface area contributed by atoms with Gasteiger partial charge in [0.05, 0.1) is 0 Å². The molecule has 2 fully saturated rings. The average Bonchev–Trinajstić information content (AvgIpc) is 2.42. The highest BCUT2D eigenvalue weighted by atomic mass is 15.1. The molecule has 0 aromatic carbocycles. The quantitative estimate of drug-likeness (QED) is 0.813. The Balaban J connectivity index is 1.91. The molecular formula is C19H38N2. The van der Waals surface area contributed by atoms with Crippen LogP contribution >= 0.6 is 0 Å². The summed E-state index contributed by atoms with van der Waals surface area (Å²) < 4.78 is 0. The zero-order valence-electron chi connectivity index (χ0n) is 15.2. The van der Waals surface area contributed by atoms with Crippen LogP contribution in [-0.2, 0) is 0 Å². The minimum atomic E-state index is 0.531. The maximum atomic E-state index is 3.49. The van der Waals surface area contributed by atoms with E-state index in [1.807, 2.05) is 0 Å². The number of rotatable bonds is 5. The van der Waals surface area contributed by atoms with Gasteiger partial charge < -0.3 is 10.2 Å². The van der Waals surface area contributed by atoms with E-state index in [1.165, 1.54) is 64.5 Å². The summed E-state index contributed by atoms with van der Waals surface area (Å²) >= 11 is 0. The Hall–Kier alpha value is -0.0800. The van der Waals surface area contributed by atoms with Crippen molar-refractivity contribution >= 4 is 0 Å². The smallest absolute Gasteiger partial charge is 0.00928 e. The zero-order chi connectivity index (χ0) is 15.5. The van der Waals surface area contributed by atoms with Gasteiger partial charge in [-0.25, -0.2) is 0 Å². The van der Waals surface area contributed by atoms with E-state index in [4.69, 9.17) is 0 Å². The molecule has 0 amide bonds. The standard InChI is InChI=1S/C19H38N2/c1-16-6-12-19(13-7-16,14-20-4)15-21(5)17-8-10-18(2,3)11-9-17/h16-17,20H,6-15H2,1-5H3. The van der Waals surface area contributed by atoms with E-state index >= 15 is 0 Å². The highest BCUT2D eigenvalue weighted by Gasteiger charge is 2.37. The molecule has 0 aromatic rings. The molecule has 2 nitrogen and oxygen atoms in total. The fraction of sp³-hybridized carbons (Fsp3) is 1.00. The summed E-state index contributed by atoms with van der Waals surface area (Å²) in [6.07, 6.45) is 11.3. The second-order valence-corrected chi connectivity index (χ2v) is 9.02. The van der Waals surface area contributed by atoms with Gasteiger partial charge in [-0.05, 0) is 69.4 Å². The Morgan fingerprint density at radius 2 is 1.57 bits per heavy atom. The van der Waals surface area contributed by atoms with Crippen LogP contribution in [0.3, 0.4) is 0 Å². The first-order chi connectivity index (χ1) is 9.86. The summed E-state index contributed by atoms with van der Waals surface area (Å²) in [6.45, 7) is 9.80. The first-order valence-corrected chi connectivity index (χ1v) is 9.21. The van der Waals surface area contributed by atoms with Gasteiger partial charge >= 0.3 is 0 Å². The number of nitrogens with zero attached hydrogens (tertiary/aromatic N) is 1. The Labute approximate surface area is 133 Å². The lowest BCUT2D eigenvalue weighted by molar-refractivity contribution is 0.0544. The van der Waals surface area contributed by atoms with E-state index in [-0.39, 0.29) is 0 Å². The third-order valence-corrected chi connectivity index (χ3v) is 6.40. The van der Waals surface area contributed by atoms with Crippen molar-refractivity contribution in [3.05, 3.63) is 0 Å². The number of nitrogens with one attached hydrogen (secondary N) is 1. The lowest BCUT2D eigenvalue weighted by Gasteiger charge is -2.46. The Morgan fingerprint density at radius 3 is 2.10 bits per heavy atom. The molecule has 1 N–H and O–H groups in total. The van der Waals surface area contributed by atoms with Gasteiger partial charge in [0.25, 0.3) is 0 Å². The van der Waals surface area contributed by atoms with E-state index in [9.17, 15) is 0 Å². The highest BCUT2D eigenvalue weighted by molar-refractivity contribution is 4.91. The van der Waals surface area contributed by atoms with Crippen LogP contribution < -0.4 is 5.32 Å². The second-order valence-electron chi connectivity index (χ2n) is 9.02. The lowest BCUT2D eigenvalue weighted by Crippen LogP contribution is -2.48. The molecular weight excluding hydrogens is 256 g/mol. The predicted molar refractivity (Wildman–Crippen MR) is 92.7 cm³/mol. The van der Waals surface area contributed by atoms with Gasteiger partial charge in [0.1, 0.15) is 0 Å². The Morgan fingerprint density at radius 1 is 1.00 bits per heavy atom. The van der Waals surface area contributed by atoms with E-state index in [2.05, 4.69) is 45.1 Å². The zero-order valence-corrected chi connectivity index (χ0v) is 15.2. The van der Waals surface area contributed by atoms with Gasteiger partial charge in [0, 0.05) is 19.1 Å². The minimum Gasteiger partial charge on any atom is -0.319 e. The molecule has 0 heterocycles. The van der Waals surface area contributed by atoms with Crippen molar-refractivity contribution in [2.45, 2.75) is 78.2 Å². The van der Waals surface area contributed by atoms with Gasteiger partial charge in [-0.1, -0.05) is 33.6 Å². The maximum Gasteiger partial charge on any atom is 0.00928 e. The monoisotopic (exact) mass is 294 g/mol.